The van der Waals surface area contributed by atoms with Crippen molar-refractivity contribution < 1.29 is 28.7 Å². The topological polar surface area (TPSA) is 190 Å². The van der Waals surface area contributed by atoms with Crippen LogP contribution in [-0.2, 0) is 35.7 Å². The van der Waals surface area contributed by atoms with E-state index in [1.165, 1.54) is 11.0 Å². The van der Waals surface area contributed by atoms with Crippen molar-refractivity contribution in [3.05, 3.63) is 58.4 Å². The summed E-state index contributed by atoms with van der Waals surface area (Å²) in [5.41, 5.74) is 14.0. The number of likely N-dealkylation sites (N-methyl/N-ethyl adjacent to an activating group) is 1. The number of fused-ring (bicyclic) bond motifs is 1. The first-order chi connectivity index (χ1) is 21.6. The predicted molar refractivity (Wildman–Crippen MR) is 164 cm³/mol. The number of amides is 2. The highest BCUT2D eigenvalue weighted by molar-refractivity contribution is 6.31. The summed E-state index contributed by atoms with van der Waals surface area (Å²) >= 11 is 6.00. The summed E-state index contributed by atoms with van der Waals surface area (Å²) in [6.07, 6.45) is 1.87. The molecule has 0 unspecified atom stereocenters. The lowest BCUT2D eigenvalue weighted by atomic mass is 10.2. The molecule has 4 aromatic rings. The summed E-state index contributed by atoms with van der Waals surface area (Å²) in [6.45, 7) is 5.48. The number of aryl methyl sites for hydroxylation is 2. The second-order valence-electron chi connectivity index (χ2n) is 10.8. The molecule has 1 saturated heterocycles. The van der Waals surface area contributed by atoms with Crippen molar-refractivity contribution in [2.75, 3.05) is 31.7 Å². The van der Waals surface area contributed by atoms with Gasteiger partial charge in [-0.2, -0.15) is 0 Å². The summed E-state index contributed by atoms with van der Waals surface area (Å²) in [6, 6.07) is 8.70. The summed E-state index contributed by atoms with van der Waals surface area (Å²) in [5.74, 6) is -0.0296. The normalized spacial score (nSPS) is 14.5. The molecule has 1 atom stereocenters. The van der Waals surface area contributed by atoms with Gasteiger partial charge >= 0.3 is 0 Å². The van der Waals surface area contributed by atoms with Crippen LogP contribution in [0.5, 0.6) is 11.5 Å². The van der Waals surface area contributed by atoms with Crippen LogP contribution >= 0.6 is 11.6 Å². The molecule has 0 saturated carbocycles. The lowest BCUT2D eigenvalue weighted by molar-refractivity contribution is -0.676. The molecule has 0 radical (unpaired) electrons. The number of nitrogens with one attached hydrogen (secondary N) is 1. The molecule has 1 fully saturated rings. The molecule has 5 rings (SSSR count). The van der Waals surface area contributed by atoms with Gasteiger partial charge in [0.2, 0.25) is 5.52 Å². The van der Waals surface area contributed by atoms with Gasteiger partial charge in [-0.1, -0.05) is 29.5 Å². The van der Waals surface area contributed by atoms with Gasteiger partial charge in [0.25, 0.3) is 17.6 Å². The minimum Gasteiger partial charge on any atom is -0.871 e. The Labute approximate surface area is 264 Å². The zero-order valence-electron chi connectivity index (χ0n) is 25.4. The Morgan fingerprint density at radius 1 is 1.22 bits per heavy atom. The predicted octanol–water partition coefficient (Wildman–Crippen LogP) is 1.48. The second-order valence-corrected chi connectivity index (χ2v) is 11.1. The number of para-hydroxylation sites is 1. The maximum atomic E-state index is 13.1. The zero-order valence-corrected chi connectivity index (χ0v) is 26.1. The number of benzene rings is 1. The van der Waals surface area contributed by atoms with Gasteiger partial charge in [-0.25, -0.2) is 19.1 Å². The number of nitrogens with zero attached hydrogens (tertiary/aromatic N) is 6. The van der Waals surface area contributed by atoms with Gasteiger partial charge in [-0.3, -0.25) is 14.6 Å². The number of carbonyl (C=O) groups is 2. The van der Waals surface area contributed by atoms with E-state index in [0.29, 0.717) is 36.8 Å². The van der Waals surface area contributed by atoms with Crippen molar-refractivity contribution >= 4 is 46.1 Å². The lowest BCUT2D eigenvalue weighted by Crippen LogP contribution is -2.41. The van der Waals surface area contributed by atoms with E-state index in [9.17, 15) is 14.7 Å². The highest BCUT2D eigenvalue weighted by Gasteiger charge is 2.31. The molecule has 15 heteroatoms. The number of hydrogen-bond acceptors (Lipinski definition) is 10. The van der Waals surface area contributed by atoms with Crippen LogP contribution in [0.4, 0.5) is 11.6 Å². The maximum absolute atomic E-state index is 13.1. The van der Waals surface area contributed by atoms with Gasteiger partial charge in [-0.15, -0.1) is 0 Å². The number of anilines is 2. The first-order valence-electron chi connectivity index (χ1n) is 14.6. The van der Waals surface area contributed by atoms with Crippen LogP contribution in [0.25, 0.3) is 11.0 Å². The van der Waals surface area contributed by atoms with Gasteiger partial charge < -0.3 is 36.3 Å². The molecule has 0 spiro atoms. The van der Waals surface area contributed by atoms with E-state index < -0.39 is 5.91 Å². The van der Waals surface area contributed by atoms with E-state index in [-0.39, 0.29) is 59.9 Å². The van der Waals surface area contributed by atoms with Crippen molar-refractivity contribution in [2.45, 2.75) is 59.0 Å². The van der Waals surface area contributed by atoms with Crippen LogP contribution in [0, 0.1) is 6.92 Å². The SMILES string of the molecule is CC[n+]1c(CNC(=O)c2nc(Cl)c(N)nc2N)n(C[C@@H]2CCCO2)c2cccc(OCC(=O)N(C)Cc3nc(C)ccc3[O-])c21. The summed E-state index contributed by atoms with van der Waals surface area (Å²) < 4.78 is 16.2. The molecule has 5 N–H and O–H groups in total. The number of aromatic nitrogens is 5. The number of imidazole rings is 1. The quantitative estimate of drug-likeness (QED) is 0.203. The van der Waals surface area contributed by atoms with Crippen LogP contribution in [0.2, 0.25) is 5.15 Å². The molecular formula is C30H36ClN9O5. The maximum Gasteiger partial charge on any atom is 0.277 e. The third-order valence-electron chi connectivity index (χ3n) is 7.65. The Balaban J connectivity index is 1.42. The zero-order chi connectivity index (χ0) is 32.2. The average molecular weight is 638 g/mol. The molecule has 238 valence electrons. The van der Waals surface area contributed by atoms with Crippen molar-refractivity contribution in [2.24, 2.45) is 0 Å². The third-order valence-corrected chi connectivity index (χ3v) is 7.93. The van der Waals surface area contributed by atoms with E-state index in [4.69, 9.17) is 32.5 Å². The number of rotatable bonds is 11. The summed E-state index contributed by atoms with van der Waals surface area (Å²) in [7, 11) is 1.60. The number of ether oxygens (including phenoxy) is 2. The Hall–Kier alpha value is -4.69. The highest BCUT2D eigenvalue weighted by Crippen LogP contribution is 2.27. The fourth-order valence-electron chi connectivity index (χ4n) is 5.38. The van der Waals surface area contributed by atoms with Gasteiger partial charge in [-0.05, 0) is 44.9 Å². The Morgan fingerprint density at radius 2 is 2.02 bits per heavy atom. The summed E-state index contributed by atoms with van der Waals surface area (Å²) in [5, 5.41) is 15.0. The number of carbonyl (C=O) groups excluding carboxylic acids is 2. The molecule has 3 aromatic heterocycles. The molecule has 1 aromatic carbocycles. The van der Waals surface area contributed by atoms with E-state index >= 15 is 0 Å². The molecule has 4 heterocycles. The van der Waals surface area contributed by atoms with Crippen LogP contribution < -0.4 is 31.2 Å². The Morgan fingerprint density at radius 3 is 2.76 bits per heavy atom. The van der Waals surface area contributed by atoms with E-state index in [1.807, 2.05) is 23.6 Å². The summed E-state index contributed by atoms with van der Waals surface area (Å²) in [4.78, 5) is 39.8. The Kier molecular flexibility index (Phi) is 9.54. The highest BCUT2D eigenvalue weighted by atomic mass is 35.5. The molecule has 0 aliphatic carbocycles. The van der Waals surface area contributed by atoms with Crippen molar-refractivity contribution in [1.29, 1.82) is 0 Å². The van der Waals surface area contributed by atoms with Crippen LogP contribution in [0.15, 0.2) is 30.3 Å². The number of nitrogen functional groups attached to an aromatic ring is 2. The van der Waals surface area contributed by atoms with E-state index in [2.05, 4.69) is 24.8 Å². The smallest absolute Gasteiger partial charge is 0.277 e. The first kappa shape index (κ1) is 31.7. The van der Waals surface area contributed by atoms with E-state index in [0.717, 1.165) is 29.7 Å². The fraction of sp³-hybridized carbons (Fsp3) is 0.400. The van der Waals surface area contributed by atoms with Crippen LogP contribution in [0.3, 0.4) is 0 Å². The largest absolute Gasteiger partial charge is 0.871 e. The third kappa shape index (κ3) is 6.86. The van der Waals surface area contributed by atoms with Gasteiger partial charge in [0.15, 0.2) is 40.4 Å². The van der Waals surface area contributed by atoms with Gasteiger partial charge in [0.1, 0.15) is 13.1 Å². The number of nitrogens with two attached hydrogens (primary N) is 2. The number of hydrogen-bond donors (Lipinski definition) is 3. The van der Waals surface area contributed by atoms with Crippen molar-refractivity contribution in [3.63, 3.8) is 0 Å². The average Bonchev–Trinajstić information content (AvgIpc) is 3.64. The number of halogens is 1. The van der Waals surface area contributed by atoms with Crippen LogP contribution in [-0.4, -0.2) is 62.6 Å². The molecule has 0 bridgehead atoms. The Bertz CT molecular complexity index is 1740. The minimum absolute atomic E-state index is 0.00119. The minimum atomic E-state index is -0.562. The fourth-order valence-corrected chi connectivity index (χ4v) is 5.51. The number of pyridine rings is 1. The lowest BCUT2D eigenvalue weighted by Gasteiger charge is -2.20. The van der Waals surface area contributed by atoms with Crippen LogP contribution in [0.1, 0.15) is 47.5 Å². The molecular weight excluding hydrogens is 602 g/mol. The molecule has 2 amide bonds. The van der Waals surface area contributed by atoms with Crippen molar-refractivity contribution in [1.82, 2.24) is 29.7 Å². The molecule has 1 aliphatic rings. The van der Waals surface area contributed by atoms with Gasteiger partial charge in [0, 0.05) is 19.3 Å². The molecule has 14 nitrogen and oxygen atoms in total. The molecule has 1 aliphatic heterocycles. The van der Waals surface area contributed by atoms with Gasteiger partial charge in [0.05, 0.1) is 24.9 Å². The monoisotopic (exact) mass is 637 g/mol. The first-order valence-corrected chi connectivity index (χ1v) is 15.0. The van der Waals surface area contributed by atoms with E-state index in [1.54, 1.807) is 26.1 Å². The van der Waals surface area contributed by atoms with Crippen molar-refractivity contribution in [3.8, 4) is 11.5 Å². The standard InChI is InChI=1S/C30H36ClN9O5/c1-4-39-23(13-34-30(43)25-28(32)37-29(33)27(31)36-25)40(14-18-7-6-12-44-18)20-8-5-9-22(26(20)39)45-16-24(42)38(3)15-19-21(41)11-10-17(2)35-19/h5,8-11,18H,4,6-7,12-16H2,1-3H3,(H5-,32,33,34,37,41,43)/t18-/m0/s1. The second kappa shape index (κ2) is 13.5. The molecule has 45 heavy (non-hydrogen) atoms.